The molecule has 6 nitrogen and oxygen atoms in total. The minimum atomic E-state index is -3.36. The zero-order chi connectivity index (χ0) is 16.9. The fraction of sp³-hybridized carbons (Fsp3) is 0.562. The van der Waals surface area contributed by atoms with Gasteiger partial charge in [0.1, 0.15) is 0 Å². The monoisotopic (exact) mass is 339 g/mol. The van der Waals surface area contributed by atoms with Gasteiger partial charge in [0.2, 0.25) is 10.0 Å². The average molecular weight is 339 g/mol. The van der Waals surface area contributed by atoms with E-state index in [9.17, 15) is 13.2 Å². The molecule has 1 aromatic carbocycles. The van der Waals surface area contributed by atoms with Crippen LogP contribution in [-0.2, 0) is 10.0 Å². The number of hydrogen-bond donors (Lipinski definition) is 3. The third-order valence-electron chi connectivity index (χ3n) is 4.10. The van der Waals surface area contributed by atoms with Gasteiger partial charge in [0, 0.05) is 6.54 Å². The minimum Gasteiger partial charge on any atom is -0.338 e. The van der Waals surface area contributed by atoms with Crippen molar-refractivity contribution in [2.24, 2.45) is 5.92 Å². The van der Waals surface area contributed by atoms with Crippen molar-refractivity contribution in [1.82, 2.24) is 10.6 Å². The Bertz CT molecular complexity index is 640. The maximum absolute atomic E-state index is 12.0. The van der Waals surface area contributed by atoms with E-state index < -0.39 is 10.0 Å². The van der Waals surface area contributed by atoms with Crippen molar-refractivity contribution in [1.29, 1.82) is 0 Å². The molecule has 1 aromatic rings. The van der Waals surface area contributed by atoms with Crippen molar-refractivity contribution >= 4 is 21.7 Å². The number of carbonyl (C=O) groups excluding carboxylic acids is 1. The Morgan fingerprint density at radius 1 is 1.26 bits per heavy atom. The summed E-state index contributed by atoms with van der Waals surface area (Å²) in [6.07, 6.45) is 5.95. The molecule has 0 bridgehead atoms. The van der Waals surface area contributed by atoms with E-state index >= 15 is 0 Å². The Morgan fingerprint density at radius 2 is 1.91 bits per heavy atom. The highest BCUT2D eigenvalue weighted by Gasteiger charge is 2.18. The lowest BCUT2D eigenvalue weighted by Crippen LogP contribution is -2.39. The molecule has 0 unspecified atom stereocenters. The van der Waals surface area contributed by atoms with Gasteiger partial charge in [-0.3, -0.25) is 4.72 Å². The first-order valence-corrected chi connectivity index (χ1v) is 9.85. The van der Waals surface area contributed by atoms with Crippen molar-refractivity contribution in [3.63, 3.8) is 0 Å². The van der Waals surface area contributed by atoms with E-state index in [-0.39, 0.29) is 12.1 Å². The lowest BCUT2D eigenvalue weighted by Gasteiger charge is -2.19. The van der Waals surface area contributed by atoms with E-state index in [1.165, 1.54) is 25.7 Å². The summed E-state index contributed by atoms with van der Waals surface area (Å²) in [5.74, 6) is 0.579. The van der Waals surface area contributed by atoms with Crippen LogP contribution >= 0.6 is 0 Å². The number of rotatable bonds is 6. The fourth-order valence-electron chi connectivity index (χ4n) is 2.94. The van der Waals surface area contributed by atoms with Gasteiger partial charge in [-0.1, -0.05) is 31.0 Å². The van der Waals surface area contributed by atoms with Gasteiger partial charge in [-0.15, -0.1) is 0 Å². The average Bonchev–Trinajstić information content (AvgIpc) is 2.97. The summed E-state index contributed by atoms with van der Waals surface area (Å²) in [6, 6.07) is 6.53. The van der Waals surface area contributed by atoms with Crippen LogP contribution in [0.4, 0.5) is 10.5 Å². The quantitative estimate of drug-likeness (QED) is 0.744. The minimum absolute atomic E-state index is 0.224. The smallest absolute Gasteiger partial charge is 0.315 e. The molecule has 7 heteroatoms. The van der Waals surface area contributed by atoms with Crippen LogP contribution in [0.3, 0.4) is 0 Å². The number of sulfonamides is 1. The van der Waals surface area contributed by atoms with Crippen LogP contribution < -0.4 is 15.4 Å². The van der Waals surface area contributed by atoms with Crippen molar-refractivity contribution < 1.29 is 13.2 Å². The van der Waals surface area contributed by atoms with Gasteiger partial charge >= 0.3 is 6.03 Å². The summed E-state index contributed by atoms with van der Waals surface area (Å²) in [5, 5.41) is 5.77. The second kappa shape index (κ2) is 7.68. The molecule has 1 atom stereocenters. The first-order valence-electron chi connectivity index (χ1n) is 7.96. The molecule has 0 saturated heterocycles. The van der Waals surface area contributed by atoms with Crippen LogP contribution in [-0.4, -0.2) is 27.2 Å². The van der Waals surface area contributed by atoms with Crippen LogP contribution in [0, 0.1) is 5.92 Å². The number of anilines is 1. The number of carbonyl (C=O) groups is 1. The molecule has 0 aliphatic heterocycles. The van der Waals surface area contributed by atoms with E-state index in [0.717, 1.165) is 11.8 Å². The highest BCUT2D eigenvalue weighted by Crippen LogP contribution is 2.24. The van der Waals surface area contributed by atoms with Gasteiger partial charge in [0.05, 0.1) is 18.0 Å². The number of nitrogens with one attached hydrogen (secondary N) is 3. The second-order valence-corrected chi connectivity index (χ2v) is 7.94. The second-order valence-electron chi connectivity index (χ2n) is 6.19. The highest BCUT2D eigenvalue weighted by molar-refractivity contribution is 7.92. The topological polar surface area (TPSA) is 87.3 Å². The third-order valence-corrected chi connectivity index (χ3v) is 4.69. The Kier molecular flexibility index (Phi) is 5.87. The molecule has 1 saturated carbocycles. The first-order chi connectivity index (χ1) is 10.8. The first kappa shape index (κ1) is 17.6. The molecule has 1 fully saturated rings. The van der Waals surface area contributed by atoms with Crippen LogP contribution in [0.25, 0.3) is 0 Å². The number of hydrogen-bond acceptors (Lipinski definition) is 3. The number of para-hydroxylation sites is 1. The molecule has 2 rings (SSSR count). The van der Waals surface area contributed by atoms with Crippen molar-refractivity contribution in [3.05, 3.63) is 29.8 Å². The van der Waals surface area contributed by atoms with Gasteiger partial charge in [0.25, 0.3) is 0 Å². The Balaban J connectivity index is 1.94. The summed E-state index contributed by atoms with van der Waals surface area (Å²) in [6.45, 7) is 2.53. The normalized spacial score (nSPS) is 16.8. The lowest BCUT2D eigenvalue weighted by molar-refractivity contribution is 0.236. The van der Waals surface area contributed by atoms with Crippen LogP contribution in [0.1, 0.15) is 44.2 Å². The predicted octanol–water partition coefficient (Wildman–Crippen LogP) is 2.61. The van der Waals surface area contributed by atoms with E-state index in [1.54, 1.807) is 18.2 Å². The number of urea groups is 1. The van der Waals surface area contributed by atoms with E-state index in [1.807, 2.05) is 13.0 Å². The molecular formula is C16H25N3O3S. The third kappa shape index (κ3) is 5.74. The van der Waals surface area contributed by atoms with Gasteiger partial charge in [-0.05, 0) is 37.3 Å². The Morgan fingerprint density at radius 3 is 2.57 bits per heavy atom. The summed E-state index contributed by atoms with van der Waals surface area (Å²) in [5.41, 5.74) is 1.22. The largest absolute Gasteiger partial charge is 0.338 e. The molecule has 0 spiro atoms. The van der Waals surface area contributed by atoms with E-state index in [2.05, 4.69) is 15.4 Å². The maximum Gasteiger partial charge on any atom is 0.315 e. The zero-order valence-electron chi connectivity index (χ0n) is 13.6. The maximum atomic E-state index is 12.0. The predicted molar refractivity (Wildman–Crippen MR) is 91.8 cm³/mol. The molecule has 3 N–H and O–H groups in total. The van der Waals surface area contributed by atoms with Crippen LogP contribution in [0.2, 0.25) is 0 Å². The number of amides is 2. The Hall–Kier alpha value is -1.76. The molecular weight excluding hydrogens is 314 g/mol. The Labute approximate surface area is 138 Å². The summed E-state index contributed by atoms with van der Waals surface area (Å²) in [7, 11) is -3.36. The van der Waals surface area contributed by atoms with Gasteiger partial charge in [-0.25, -0.2) is 13.2 Å². The van der Waals surface area contributed by atoms with Crippen molar-refractivity contribution in [2.75, 3.05) is 17.5 Å². The SMILES string of the molecule is C[C@@H](NC(=O)NCC1CCCC1)c1ccccc1NS(C)(=O)=O. The number of benzene rings is 1. The van der Waals surface area contributed by atoms with Crippen LogP contribution in [0.15, 0.2) is 24.3 Å². The summed E-state index contributed by atoms with van der Waals surface area (Å²) in [4.78, 5) is 12.0. The standard InChI is InChI=1S/C16H25N3O3S/c1-12(18-16(20)17-11-13-7-3-4-8-13)14-9-5-6-10-15(14)19-23(2,21)22/h5-6,9-10,12-13,19H,3-4,7-8,11H2,1-2H3,(H2,17,18,20)/t12-/m1/s1. The molecule has 23 heavy (non-hydrogen) atoms. The summed E-state index contributed by atoms with van der Waals surface area (Å²) < 4.78 is 25.4. The highest BCUT2D eigenvalue weighted by atomic mass is 32.2. The molecule has 1 aliphatic carbocycles. The van der Waals surface area contributed by atoms with Crippen molar-refractivity contribution in [3.8, 4) is 0 Å². The fourth-order valence-corrected chi connectivity index (χ4v) is 3.53. The molecule has 128 valence electrons. The van der Waals surface area contributed by atoms with Gasteiger partial charge < -0.3 is 10.6 Å². The molecule has 0 radical (unpaired) electrons. The lowest BCUT2D eigenvalue weighted by atomic mass is 10.1. The molecule has 0 heterocycles. The van der Waals surface area contributed by atoms with Crippen LogP contribution in [0.5, 0.6) is 0 Å². The zero-order valence-corrected chi connectivity index (χ0v) is 14.4. The van der Waals surface area contributed by atoms with E-state index in [0.29, 0.717) is 18.2 Å². The molecule has 1 aliphatic rings. The molecule has 0 aromatic heterocycles. The molecule has 2 amide bonds. The van der Waals surface area contributed by atoms with Gasteiger partial charge in [-0.2, -0.15) is 0 Å². The van der Waals surface area contributed by atoms with E-state index in [4.69, 9.17) is 0 Å². The van der Waals surface area contributed by atoms with Gasteiger partial charge in [0.15, 0.2) is 0 Å². The summed E-state index contributed by atoms with van der Waals surface area (Å²) >= 11 is 0. The van der Waals surface area contributed by atoms with Crippen molar-refractivity contribution in [2.45, 2.75) is 38.6 Å².